The summed E-state index contributed by atoms with van der Waals surface area (Å²) in [5, 5.41) is 4.62. The van der Waals surface area contributed by atoms with E-state index >= 15 is 0 Å². The lowest BCUT2D eigenvalue weighted by Crippen LogP contribution is -2.33. The molecule has 0 radical (unpaired) electrons. The van der Waals surface area contributed by atoms with E-state index in [-0.39, 0.29) is 11.7 Å². The fourth-order valence-electron chi connectivity index (χ4n) is 6.39. The third kappa shape index (κ3) is 6.24. The summed E-state index contributed by atoms with van der Waals surface area (Å²) in [6.07, 6.45) is 14.7. The van der Waals surface area contributed by atoms with E-state index in [1.54, 1.807) is 29.7 Å². The molecular formula is C31H38N6OS. The Morgan fingerprint density at radius 1 is 1.05 bits per heavy atom. The van der Waals surface area contributed by atoms with Crippen molar-refractivity contribution in [1.29, 1.82) is 0 Å². The van der Waals surface area contributed by atoms with Gasteiger partial charge in [-0.15, -0.1) is 11.3 Å². The summed E-state index contributed by atoms with van der Waals surface area (Å²) in [7, 11) is 0. The first-order chi connectivity index (χ1) is 19.1. The van der Waals surface area contributed by atoms with Crippen LogP contribution in [0.3, 0.4) is 0 Å². The summed E-state index contributed by atoms with van der Waals surface area (Å²) < 4.78 is 0. The molecule has 8 heteroatoms. The number of hydrogen-bond donors (Lipinski definition) is 3. The molecule has 4 heterocycles. The van der Waals surface area contributed by atoms with Crippen molar-refractivity contribution < 1.29 is 4.79 Å². The molecule has 0 amide bonds. The number of ketones is 1. The van der Waals surface area contributed by atoms with Gasteiger partial charge in [-0.1, -0.05) is 24.3 Å². The fourth-order valence-corrected chi connectivity index (χ4v) is 7.41. The second kappa shape index (κ2) is 11.6. The molecule has 1 aromatic carbocycles. The van der Waals surface area contributed by atoms with Crippen molar-refractivity contribution in [2.75, 3.05) is 13.1 Å². The Hall–Kier alpha value is -3.07. The van der Waals surface area contributed by atoms with Gasteiger partial charge in [0.1, 0.15) is 11.6 Å². The summed E-state index contributed by atoms with van der Waals surface area (Å²) in [5.74, 6) is 2.37. The number of imidazole rings is 2. The number of aromatic nitrogens is 4. The van der Waals surface area contributed by atoms with Crippen molar-refractivity contribution in [3.8, 4) is 0 Å². The van der Waals surface area contributed by atoms with Gasteiger partial charge in [-0.2, -0.15) is 0 Å². The molecule has 204 valence electrons. The number of carbonyl (C=O) groups excluding carboxylic acids is 1. The van der Waals surface area contributed by atoms with Gasteiger partial charge in [0.15, 0.2) is 5.78 Å². The van der Waals surface area contributed by atoms with Crippen molar-refractivity contribution in [2.24, 2.45) is 17.3 Å². The summed E-state index contributed by atoms with van der Waals surface area (Å²) in [6.45, 7) is 5.29. The van der Waals surface area contributed by atoms with Crippen molar-refractivity contribution >= 4 is 17.1 Å². The quantitative estimate of drug-likeness (QED) is 0.229. The van der Waals surface area contributed by atoms with Crippen LogP contribution in [-0.4, -0.2) is 43.8 Å². The smallest absolute Gasteiger partial charge is 0.166 e. The van der Waals surface area contributed by atoms with Gasteiger partial charge >= 0.3 is 0 Å². The second-order valence-corrected chi connectivity index (χ2v) is 12.6. The van der Waals surface area contributed by atoms with Crippen molar-refractivity contribution in [1.82, 2.24) is 30.4 Å². The van der Waals surface area contributed by atoms with E-state index in [4.69, 9.17) is 0 Å². The highest BCUT2D eigenvalue weighted by atomic mass is 32.1. The monoisotopic (exact) mass is 542 g/mol. The Kier molecular flexibility index (Phi) is 7.77. The summed E-state index contributed by atoms with van der Waals surface area (Å²) in [5.41, 5.74) is 7.53. The Morgan fingerprint density at radius 2 is 1.74 bits per heavy atom. The number of hydrogen-bond acceptors (Lipinski definition) is 6. The van der Waals surface area contributed by atoms with Crippen LogP contribution < -0.4 is 5.43 Å². The highest BCUT2D eigenvalue weighted by Gasteiger charge is 2.41. The third-order valence-electron chi connectivity index (χ3n) is 8.78. The zero-order chi connectivity index (χ0) is 26.7. The van der Waals surface area contributed by atoms with Crippen molar-refractivity contribution in [3.63, 3.8) is 0 Å². The minimum Gasteiger partial charge on any atom is -0.349 e. The van der Waals surface area contributed by atoms with E-state index in [0.717, 1.165) is 42.8 Å². The lowest BCUT2D eigenvalue weighted by atomic mass is 9.70. The second-order valence-electron chi connectivity index (χ2n) is 11.6. The Balaban J connectivity index is 1.03. The zero-order valence-corrected chi connectivity index (χ0v) is 23.5. The van der Waals surface area contributed by atoms with Gasteiger partial charge in [-0.25, -0.2) is 15.0 Å². The van der Waals surface area contributed by atoms with E-state index in [1.807, 2.05) is 23.5 Å². The molecular weight excluding hydrogens is 504 g/mol. The van der Waals surface area contributed by atoms with Crippen LogP contribution in [-0.2, 0) is 25.8 Å². The molecule has 4 aromatic rings. The summed E-state index contributed by atoms with van der Waals surface area (Å²) in [4.78, 5) is 30.0. The highest BCUT2D eigenvalue weighted by Crippen LogP contribution is 2.43. The lowest BCUT2D eigenvalue weighted by Gasteiger charge is -2.36. The van der Waals surface area contributed by atoms with E-state index in [0.29, 0.717) is 18.3 Å². The number of hydrazine groups is 1. The highest BCUT2D eigenvalue weighted by molar-refractivity contribution is 7.10. The predicted molar refractivity (Wildman–Crippen MR) is 154 cm³/mol. The molecule has 0 atom stereocenters. The van der Waals surface area contributed by atoms with Crippen LogP contribution in [0.25, 0.3) is 0 Å². The molecule has 7 nitrogen and oxygen atoms in total. The van der Waals surface area contributed by atoms with Gasteiger partial charge in [0, 0.05) is 73.6 Å². The number of rotatable bonds is 10. The fraction of sp³-hybridized carbons (Fsp3) is 0.452. The average Bonchev–Trinajstić information content (AvgIpc) is 3.77. The first-order valence-electron chi connectivity index (χ1n) is 14.2. The molecule has 2 aliphatic rings. The number of Topliss-reactive ketones (excluding diaryl/α,β-unsaturated/α-hetero) is 1. The Labute approximate surface area is 234 Å². The van der Waals surface area contributed by atoms with Gasteiger partial charge < -0.3 is 9.97 Å². The Morgan fingerprint density at radius 3 is 2.33 bits per heavy atom. The van der Waals surface area contributed by atoms with Crippen LogP contribution in [0.15, 0.2) is 60.5 Å². The van der Waals surface area contributed by atoms with E-state index in [9.17, 15) is 4.79 Å². The Bertz CT molecular complexity index is 1300. The maximum Gasteiger partial charge on any atom is 0.166 e. The van der Waals surface area contributed by atoms with Crippen LogP contribution in [0.5, 0.6) is 0 Å². The van der Waals surface area contributed by atoms with Crippen LogP contribution in [0.2, 0.25) is 0 Å². The topological polar surface area (TPSA) is 89.7 Å². The van der Waals surface area contributed by atoms with E-state index < -0.39 is 0 Å². The molecule has 0 bridgehead atoms. The van der Waals surface area contributed by atoms with Crippen LogP contribution in [0.1, 0.15) is 63.7 Å². The molecule has 1 saturated heterocycles. The average molecular weight is 543 g/mol. The molecule has 3 aromatic heterocycles. The van der Waals surface area contributed by atoms with Crippen LogP contribution >= 0.6 is 11.3 Å². The van der Waals surface area contributed by atoms with Crippen molar-refractivity contribution in [3.05, 3.63) is 93.7 Å². The standard InChI is InChI=1S/C31H38N6OS/c1-22-8-15-39-27(22)16-23-6-9-31(10-7-23)20-36-37(21-31)19-24-2-4-25(5-3-24)30(38)26(17-28-32-11-12-33-28)18-29-34-13-14-35-29/h2-5,8,11-15,23,26,36H,6-7,9-10,16-21H2,1H3,(H,32,33)(H,34,35). The maximum atomic E-state index is 13.5. The van der Waals surface area contributed by atoms with Crippen LogP contribution in [0, 0.1) is 24.2 Å². The van der Waals surface area contributed by atoms with Gasteiger partial charge in [0.2, 0.25) is 0 Å². The molecule has 1 aliphatic carbocycles. The van der Waals surface area contributed by atoms with Crippen molar-refractivity contribution in [2.45, 2.75) is 58.4 Å². The zero-order valence-electron chi connectivity index (χ0n) is 22.7. The number of thiophene rings is 1. The number of aromatic amines is 2. The minimum atomic E-state index is -0.230. The molecule has 6 rings (SSSR count). The normalized spacial score (nSPS) is 21.7. The maximum absolute atomic E-state index is 13.5. The number of aryl methyl sites for hydroxylation is 1. The molecule has 0 unspecified atom stereocenters. The number of nitrogens with one attached hydrogen (secondary N) is 3. The van der Waals surface area contributed by atoms with Gasteiger partial charge in [-0.05, 0) is 72.9 Å². The molecule has 1 aliphatic heterocycles. The third-order valence-corrected chi connectivity index (χ3v) is 9.83. The van der Waals surface area contributed by atoms with E-state index in [1.165, 1.54) is 43.2 Å². The number of carbonyl (C=O) groups is 1. The van der Waals surface area contributed by atoms with Gasteiger partial charge in [0.25, 0.3) is 0 Å². The summed E-state index contributed by atoms with van der Waals surface area (Å²) in [6, 6.07) is 10.4. The first-order valence-corrected chi connectivity index (χ1v) is 15.0. The molecule has 39 heavy (non-hydrogen) atoms. The summed E-state index contributed by atoms with van der Waals surface area (Å²) >= 11 is 1.92. The first kappa shape index (κ1) is 26.2. The SMILES string of the molecule is Cc1ccsc1CC1CCC2(CC1)CNN(Cc1ccc(C(=O)C(Cc3ncc[nH]3)Cc3ncc[nH]3)cc1)C2. The molecule has 3 N–H and O–H groups in total. The number of H-pyrrole nitrogens is 2. The van der Waals surface area contributed by atoms with E-state index in [2.05, 4.69) is 60.9 Å². The largest absolute Gasteiger partial charge is 0.349 e. The van der Waals surface area contributed by atoms with Gasteiger partial charge in [0.05, 0.1) is 0 Å². The number of nitrogens with zero attached hydrogens (tertiary/aromatic N) is 3. The number of benzene rings is 1. The molecule has 1 saturated carbocycles. The van der Waals surface area contributed by atoms with Gasteiger partial charge in [-0.3, -0.25) is 10.2 Å². The lowest BCUT2D eigenvalue weighted by molar-refractivity contribution is 0.0915. The molecule has 1 spiro atoms. The minimum absolute atomic E-state index is 0.127. The molecule has 2 fully saturated rings. The van der Waals surface area contributed by atoms with Crippen LogP contribution in [0.4, 0.5) is 0 Å². The predicted octanol–water partition coefficient (Wildman–Crippen LogP) is 5.53.